The van der Waals surface area contributed by atoms with Crippen molar-refractivity contribution in [2.75, 3.05) is 43.4 Å². The first-order chi connectivity index (χ1) is 18.4. The second kappa shape index (κ2) is 8.49. The molecule has 2 fully saturated rings. The lowest BCUT2D eigenvalue weighted by Crippen LogP contribution is -2.44. The predicted molar refractivity (Wildman–Crippen MR) is 140 cm³/mol. The number of nitrogens with one attached hydrogen (secondary N) is 2. The smallest absolute Gasteiger partial charge is 0.387 e. The zero-order chi connectivity index (χ0) is 26.0. The van der Waals surface area contributed by atoms with Crippen LogP contribution >= 0.6 is 0 Å². The fourth-order valence-electron chi connectivity index (χ4n) is 5.97. The molecule has 7 rings (SSSR count). The number of rotatable bonds is 5. The van der Waals surface area contributed by atoms with Gasteiger partial charge in [-0.25, -0.2) is 4.98 Å². The highest BCUT2D eigenvalue weighted by atomic mass is 19.3. The van der Waals surface area contributed by atoms with Gasteiger partial charge in [0.1, 0.15) is 17.3 Å². The number of piperazine rings is 1. The van der Waals surface area contributed by atoms with Gasteiger partial charge in [0.2, 0.25) is 5.91 Å². The van der Waals surface area contributed by atoms with Crippen LogP contribution in [0, 0.1) is 0 Å². The number of halogens is 2. The predicted octanol–water partition coefficient (Wildman–Crippen LogP) is 4.36. The van der Waals surface area contributed by atoms with Gasteiger partial charge >= 0.3 is 6.61 Å². The van der Waals surface area contributed by atoms with Crippen LogP contribution in [-0.2, 0) is 10.2 Å². The molecule has 8 nitrogen and oxygen atoms in total. The van der Waals surface area contributed by atoms with E-state index in [9.17, 15) is 13.6 Å². The van der Waals surface area contributed by atoms with E-state index in [2.05, 4.69) is 43.2 Å². The van der Waals surface area contributed by atoms with Crippen molar-refractivity contribution in [3.63, 3.8) is 0 Å². The summed E-state index contributed by atoms with van der Waals surface area (Å²) < 4.78 is 30.1. The number of likely N-dealkylation sites (N-methyl/N-ethyl adjacent to an activating group) is 1. The van der Waals surface area contributed by atoms with Gasteiger partial charge < -0.3 is 19.9 Å². The molecule has 2 N–H and O–H groups in total. The summed E-state index contributed by atoms with van der Waals surface area (Å²) in [6.07, 6.45) is 2.47. The molecule has 10 heteroatoms. The molecule has 1 amide bonds. The van der Waals surface area contributed by atoms with Gasteiger partial charge in [-0.3, -0.25) is 9.89 Å². The minimum absolute atomic E-state index is 0.0567. The lowest BCUT2D eigenvalue weighted by atomic mass is 9.91. The van der Waals surface area contributed by atoms with Gasteiger partial charge in [0, 0.05) is 54.9 Å². The van der Waals surface area contributed by atoms with Gasteiger partial charge in [-0.2, -0.15) is 13.9 Å². The van der Waals surface area contributed by atoms with Crippen molar-refractivity contribution >= 4 is 28.3 Å². The number of carbonyl (C=O) groups is 1. The second-order valence-corrected chi connectivity index (χ2v) is 10.3. The number of hydrogen-bond acceptors (Lipinski definition) is 6. The molecule has 4 aromatic rings. The Bertz CT molecular complexity index is 1550. The number of pyridine rings is 1. The molecular formula is C28H26F2N6O2. The Labute approximate surface area is 217 Å². The number of aromatic nitrogens is 3. The number of amides is 1. The van der Waals surface area contributed by atoms with Crippen LogP contribution in [0.1, 0.15) is 23.5 Å². The van der Waals surface area contributed by atoms with E-state index >= 15 is 0 Å². The number of aromatic amines is 1. The monoisotopic (exact) mass is 516 g/mol. The number of carbonyl (C=O) groups excluding carboxylic acids is 1. The maximum atomic E-state index is 13.0. The first-order valence-electron chi connectivity index (χ1n) is 12.7. The van der Waals surface area contributed by atoms with E-state index in [0.717, 1.165) is 59.7 Å². The largest absolute Gasteiger partial charge is 0.435 e. The Hall–Kier alpha value is -4.05. The minimum Gasteiger partial charge on any atom is -0.435 e. The first-order valence-corrected chi connectivity index (χ1v) is 12.7. The molecule has 1 saturated heterocycles. The molecule has 2 aliphatic heterocycles. The summed E-state index contributed by atoms with van der Waals surface area (Å²) >= 11 is 0. The molecule has 1 unspecified atom stereocenters. The van der Waals surface area contributed by atoms with E-state index in [1.807, 2.05) is 30.5 Å². The van der Waals surface area contributed by atoms with E-state index < -0.39 is 12.0 Å². The lowest BCUT2D eigenvalue weighted by Gasteiger charge is -2.33. The summed E-state index contributed by atoms with van der Waals surface area (Å²) in [6.45, 7) is 1.05. The van der Waals surface area contributed by atoms with E-state index in [1.54, 1.807) is 12.1 Å². The van der Waals surface area contributed by atoms with Crippen LogP contribution in [0.5, 0.6) is 5.75 Å². The summed E-state index contributed by atoms with van der Waals surface area (Å²) in [4.78, 5) is 22.3. The average molecular weight is 517 g/mol. The highest BCUT2D eigenvalue weighted by Crippen LogP contribution is 2.65. The number of fused-ring (bicyclic) bond motifs is 3. The number of benzene rings is 2. The van der Waals surface area contributed by atoms with E-state index in [0.29, 0.717) is 17.7 Å². The molecule has 2 aromatic heterocycles. The van der Waals surface area contributed by atoms with Gasteiger partial charge in [-0.15, -0.1) is 0 Å². The Morgan fingerprint density at radius 3 is 2.68 bits per heavy atom. The van der Waals surface area contributed by atoms with Gasteiger partial charge in [0.05, 0.1) is 10.9 Å². The lowest BCUT2D eigenvalue weighted by molar-refractivity contribution is -0.118. The molecular weight excluding hydrogens is 490 g/mol. The highest BCUT2D eigenvalue weighted by Gasteiger charge is 2.65. The van der Waals surface area contributed by atoms with Crippen molar-refractivity contribution in [1.82, 2.24) is 20.1 Å². The van der Waals surface area contributed by atoms with Crippen LogP contribution in [-0.4, -0.2) is 65.8 Å². The van der Waals surface area contributed by atoms with Gasteiger partial charge in [0.25, 0.3) is 0 Å². The second-order valence-electron chi connectivity index (χ2n) is 10.3. The maximum Gasteiger partial charge on any atom is 0.387 e. The third-order valence-electron chi connectivity index (χ3n) is 8.15. The molecule has 0 bridgehead atoms. The SMILES string of the molecule is CN1CCN(c2ccc(-c3n[nH]c4cc([C@@H]5CC56C(=O)Nc5ccc(OC(F)F)cc56)ccc34)cn2)CC1. The summed E-state index contributed by atoms with van der Waals surface area (Å²) in [5, 5.41) is 11.6. The molecule has 4 heterocycles. The summed E-state index contributed by atoms with van der Waals surface area (Å²) in [6, 6.07) is 14.8. The molecule has 2 aromatic carbocycles. The third-order valence-corrected chi connectivity index (χ3v) is 8.15. The zero-order valence-corrected chi connectivity index (χ0v) is 20.7. The molecule has 1 saturated carbocycles. The molecule has 38 heavy (non-hydrogen) atoms. The number of ether oxygens (including phenoxy) is 1. The van der Waals surface area contributed by atoms with E-state index in [-0.39, 0.29) is 17.6 Å². The molecule has 1 aliphatic carbocycles. The number of anilines is 2. The quantitative estimate of drug-likeness (QED) is 0.410. The van der Waals surface area contributed by atoms with E-state index in [4.69, 9.17) is 4.98 Å². The van der Waals surface area contributed by atoms with Crippen LogP contribution in [0.4, 0.5) is 20.3 Å². The fourth-order valence-corrected chi connectivity index (χ4v) is 5.97. The Morgan fingerprint density at radius 1 is 1.08 bits per heavy atom. The summed E-state index contributed by atoms with van der Waals surface area (Å²) in [5.74, 6) is 0.858. The number of nitrogens with zero attached hydrogens (tertiary/aromatic N) is 4. The highest BCUT2D eigenvalue weighted by molar-refractivity contribution is 6.10. The minimum atomic E-state index is -2.92. The van der Waals surface area contributed by atoms with Crippen LogP contribution in [0.15, 0.2) is 54.7 Å². The topological polar surface area (TPSA) is 86.4 Å². The van der Waals surface area contributed by atoms with Crippen molar-refractivity contribution in [3.05, 3.63) is 65.9 Å². The molecule has 2 atom stereocenters. The molecule has 1 spiro atoms. The van der Waals surface area contributed by atoms with Crippen molar-refractivity contribution in [2.45, 2.75) is 24.4 Å². The van der Waals surface area contributed by atoms with Crippen LogP contribution in [0.2, 0.25) is 0 Å². The summed E-state index contributed by atoms with van der Waals surface area (Å²) in [7, 11) is 2.13. The number of alkyl halides is 2. The zero-order valence-electron chi connectivity index (χ0n) is 20.7. The summed E-state index contributed by atoms with van der Waals surface area (Å²) in [5.41, 5.74) is 4.22. The molecule has 0 radical (unpaired) electrons. The standard InChI is InChI=1S/C28H26F2N6O2/c1-35-8-10-36(11-9-35)24-7-3-17(15-31-24)25-19-5-2-16(12-23(19)33-34-25)21-14-28(21)20-13-18(38-27(29)30)4-6-22(20)32-26(28)37/h2-7,12-13,15,21,27H,8-11,14H2,1H3,(H,32,37)(H,33,34)/t21-,28?/m0/s1. The molecule has 194 valence electrons. The van der Waals surface area contributed by atoms with Crippen LogP contribution in [0.3, 0.4) is 0 Å². The average Bonchev–Trinajstić information content (AvgIpc) is 3.44. The van der Waals surface area contributed by atoms with Gasteiger partial charge in [-0.1, -0.05) is 12.1 Å². The van der Waals surface area contributed by atoms with Crippen molar-refractivity contribution in [2.24, 2.45) is 0 Å². The van der Waals surface area contributed by atoms with Crippen molar-refractivity contribution < 1.29 is 18.3 Å². The van der Waals surface area contributed by atoms with Crippen molar-refractivity contribution in [1.29, 1.82) is 0 Å². The molecule has 3 aliphatic rings. The van der Waals surface area contributed by atoms with Crippen molar-refractivity contribution in [3.8, 4) is 17.0 Å². The van der Waals surface area contributed by atoms with Crippen LogP contribution in [0.25, 0.3) is 22.2 Å². The maximum absolute atomic E-state index is 13.0. The van der Waals surface area contributed by atoms with E-state index in [1.165, 1.54) is 6.07 Å². The Balaban J connectivity index is 1.15. The number of H-pyrrole nitrogens is 1. The third kappa shape index (κ3) is 3.62. The normalized spacial score (nSPS) is 22.8. The fraction of sp³-hybridized carbons (Fsp3) is 0.321. The van der Waals surface area contributed by atoms with Crippen LogP contribution < -0.4 is 15.0 Å². The first kappa shape index (κ1) is 23.1. The van der Waals surface area contributed by atoms with Gasteiger partial charge in [0.15, 0.2) is 0 Å². The number of hydrogen-bond donors (Lipinski definition) is 2. The van der Waals surface area contributed by atoms with Gasteiger partial charge in [-0.05, 0) is 61.0 Å². The Morgan fingerprint density at radius 2 is 1.92 bits per heavy atom. The Kier molecular flexibility index (Phi) is 5.16.